The van der Waals surface area contributed by atoms with Gasteiger partial charge in [-0.1, -0.05) is 0 Å². The molecule has 1 aromatic rings. The topological polar surface area (TPSA) is 66.4 Å². The second kappa shape index (κ2) is 6.39. The number of aliphatic carboxylic acids is 1. The highest BCUT2D eigenvalue weighted by Gasteiger charge is 2.17. The van der Waals surface area contributed by atoms with Crippen molar-refractivity contribution in [1.29, 1.82) is 0 Å². The lowest BCUT2D eigenvalue weighted by molar-refractivity contribution is -0.137. The first kappa shape index (κ1) is 13.7. The van der Waals surface area contributed by atoms with E-state index in [2.05, 4.69) is 5.32 Å². The van der Waals surface area contributed by atoms with E-state index in [0.717, 1.165) is 5.56 Å². The number of rotatable bonds is 6. The molecule has 0 aliphatic heterocycles. The summed E-state index contributed by atoms with van der Waals surface area (Å²) in [5, 5.41) is 15.3. The summed E-state index contributed by atoms with van der Waals surface area (Å²) in [5.41, 5.74) is 0.998. The first-order valence-corrected chi connectivity index (χ1v) is 6.49. The molecule has 4 nitrogen and oxygen atoms in total. The van der Waals surface area contributed by atoms with E-state index in [1.54, 1.807) is 11.3 Å². The lowest BCUT2D eigenvalue weighted by Crippen LogP contribution is -2.35. The zero-order chi connectivity index (χ0) is 12.8. The Labute approximate surface area is 105 Å². The van der Waals surface area contributed by atoms with Gasteiger partial charge in [-0.15, -0.1) is 0 Å². The van der Waals surface area contributed by atoms with Gasteiger partial charge in [0.1, 0.15) is 0 Å². The Balaban J connectivity index is 2.41. The van der Waals surface area contributed by atoms with E-state index in [0.29, 0.717) is 6.42 Å². The lowest BCUT2D eigenvalue weighted by atomic mass is 10.0. The summed E-state index contributed by atoms with van der Waals surface area (Å²) in [6.07, 6.45) is 0.533. The van der Waals surface area contributed by atoms with E-state index in [4.69, 9.17) is 5.11 Å². The molecule has 2 atom stereocenters. The van der Waals surface area contributed by atoms with Crippen molar-refractivity contribution < 1.29 is 14.7 Å². The van der Waals surface area contributed by atoms with Gasteiger partial charge in [0.05, 0.1) is 5.92 Å². The SMILES string of the molecule is CC(CCC(=O)O)NC(=O)C(C)c1ccsc1. The number of hydrogen-bond acceptors (Lipinski definition) is 3. The third-order valence-electron chi connectivity index (χ3n) is 2.62. The summed E-state index contributed by atoms with van der Waals surface area (Å²) in [5.74, 6) is -1.08. The standard InChI is InChI=1S/C12H17NO3S/c1-8(3-4-11(14)15)13-12(16)9(2)10-5-6-17-7-10/h5-9H,3-4H2,1-2H3,(H,13,16)(H,14,15). The van der Waals surface area contributed by atoms with E-state index < -0.39 is 5.97 Å². The second-order valence-corrected chi connectivity index (χ2v) is 4.90. The number of nitrogens with one attached hydrogen (secondary N) is 1. The largest absolute Gasteiger partial charge is 0.481 e. The van der Waals surface area contributed by atoms with Crippen LogP contribution in [0.5, 0.6) is 0 Å². The average molecular weight is 255 g/mol. The molecule has 0 aliphatic carbocycles. The third kappa shape index (κ3) is 4.56. The van der Waals surface area contributed by atoms with Gasteiger partial charge in [0.25, 0.3) is 0 Å². The zero-order valence-electron chi connectivity index (χ0n) is 9.97. The van der Waals surface area contributed by atoms with Gasteiger partial charge < -0.3 is 10.4 Å². The maximum absolute atomic E-state index is 11.8. The Morgan fingerprint density at radius 3 is 2.71 bits per heavy atom. The number of carboxylic acid groups (broad SMARTS) is 1. The van der Waals surface area contributed by atoms with Gasteiger partial charge in [0, 0.05) is 12.5 Å². The highest BCUT2D eigenvalue weighted by atomic mass is 32.1. The van der Waals surface area contributed by atoms with Gasteiger partial charge in [0.2, 0.25) is 5.91 Å². The number of hydrogen-bond donors (Lipinski definition) is 2. The molecule has 1 rings (SSSR count). The fraction of sp³-hybridized carbons (Fsp3) is 0.500. The minimum atomic E-state index is -0.836. The maximum atomic E-state index is 11.8. The molecule has 5 heteroatoms. The van der Waals surface area contributed by atoms with Crippen molar-refractivity contribution in [2.45, 2.75) is 38.6 Å². The third-order valence-corrected chi connectivity index (χ3v) is 3.32. The van der Waals surface area contributed by atoms with Gasteiger partial charge >= 0.3 is 5.97 Å². The molecule has 94 valence electrons. The molecule has 0 aromatic carbocycles. The number of thiophene rings is 1. The molecule has 17 heavy (non-hydrogen) atoms. The fourth-order valence-corrected chi connectivity index (χ4v) is 2.21. The monoisotopic (exact) mass is 255 g/mol. The van der Waals surface area contributed by atoms with Crippen LogP contribution in [0, 0.1) is 0 Å². The molecule has 1 heterocycles. The molecule has 1 amide bonds. The van der Waals surface area contributed by atoms with Crippen molar-refractivity contribution in [3.05, 3.63) is 22.4 Å². The van der Waals surface area contributed by atoms with E-state index in [-0.39, 0.29) is 24.3 Å². The van der Waals surface area contributed by atoms with Crippen molar-refractivity contribution >= 4 is 23.2 Å². The molecular weight excluding hydrogens is 238 g/mol. The van der Waals surface area contributed by atoms with Crippen LogP contribution < -0.4 is 5.32 Å². The van der Waals surface area contributed by atoms with E-state index in [1.165, 1.54) is 0 Å². The summed E-state index contributed by atoms with van der Waals surface area (Å²) in [7, 11) is 0. The summed E-state index contributed by atoms with van der Waals surface area (Å²) in [6, 6.07) is 1.82. The molecule has 0 saturated heterocycles. The molecule has 0 fully saturated rings. The van der Waals surface area contributed by atoms with Gasteiger partial charge in [-0.05, 0) is 42.7 Å². The first-order valence-electron chi connectivity index (χ1n) is 5.55. The summed E-state index contributed by atoms with van der Waals surface area (Å²) >= 11 is 1.56. The van der Waals surface area contributed by atoms with Crippen LogP contribution in [0.15, 0.2) is 16.8 Å². The van der Waals surface area contributed by atoms with Crippen LogP contribution in [0.25, 0.3) is 0 Å². The fourth-order valence-electron chi connectivity index (χ4n) is 1.45. The van der Waals surface area contributed by atoms with Gasteiger partial charge in [-0.2, -0.15) is 11.3 Å². The minimum Gasteiger partial charge on any atom is -0.481 e. The number of carboxylic acids is 1. The average Bonchev–Trinajstić information content (AvgIpc) is 2.78. The Hall–Kier alpha value is -1.36. The minimum absolute atomic E-state index is 0.0544. The van der Waals surface area contributed by atoms with Crippen LogP contribution in [-0.2, 0) is 9.59 Å². The molecule has 0 spiro atoms. The molecule has 0 saturated carbocycles. The van der Waals surface area contributed by atoms with E-state index in [1.807, 2.05) is 30.7 Å². The predicted molar refractivity (Wildman–Crippen MR) is 67.2 cm³/mol. The van der Waals surface area contributed by atoms with Crippen LogP contribution >= 0.6 is 11.3 Å². The van der Waals surface area contributed by atoms with Gasteiger partial charge in [0.15, 0.2) is 0 Å². The van der Waals surface area contributed by atoms with Crippen molar-refractivity contribution in [2.24, 2.45) is 0 Å². The Morgan fingerprint density at radius 1 is 1.47 bits per heavy atom. The highest BCUT2D eigenvalue weighted by molar-refractivity contribution is 7.08. The van der Waals surface area contributed by atoms with Crippen molar-refractivity contribution in [2.75, 3.05) is 0 Å². The summed E-state index contributed by atoms with van der Waals surface area (Å²) in [6.45, 7) is 3.67. The molecule has 0 aliphatic rings. The number of carbonyl (C=O) groups excluding carboxylic acids is 1. The zero-order valence-corrected chi connectivity index (χ0v) is 10.8. The second-order valence-electron chi connectivity index (χ2n) is 4.12. The van der Waals surface area contributed by atoms with Crippen LogP contribution in [0.4, 0.5) is 0 Å². The Bertz CT molecular complexity index is 375. The van der Waals surface area contributed by atoms with Crippen molar-refractivity contribution in [3.8, 4) is 0 Å². The normalized spacial score (nSPS) is 14.0. The first-order chi connectivity index (χ1) is 8.00. The quantitative estimate of drug-likeness (QED) is 0.819. The van der Waals surface area contributed by atoms with Crippen molar-refractivity contribution in [3.63, 3.8) is 0 Å². The summed E-state index contributed by atoms with van der Waals surface area (Å²) < 4.78 is 0. The number of carbonyl (C=O) groups is 2. The number of amides is 1. The molecule has 0 bridgehead atoms. The predicted octanol–water partition coefficient (Wildman–Crippen LogP) is 2.22. The van der Waals surface area contributed by atoms with Crippen LogP contribution in [0.1, 0.15) is 38.2 Å². The summed E-state index contributed by atoms with van der Waals surface area (Å²) in [4.78, 5) is 22.2. The Morgan fingerprint density at radius 2 is 2.18 bits per heavy atom. The molecule has 0 radical (unpaired) electrons. The highest BCUT2D eigenvalue weighted by Crippen LogP contribution is 2.18. The van der Waals surface area contributed by atoms with Crippen LogP contribution in [-0.4, -0.2) is 23.0 Å². The smallest absolute Gasteiger partial charge is 0.303 e. The molecule has 2 N–H and O–H groups in total. The molecular formula is C12H17NO3S. The van der Waals surface area contributed by atoms with Crippen LogP contribution in [0.2, 0.25) is 0 Å². The van der Waals surface area contributed by atoms with Gasteiger partial charge in [-0.25, -0.2) is 0 Å². The molecule has 1 aromatic heterocycles. The van der Waals surface area contributed by atoms with E-state index >= 15 is 0 Å². The molecule has 2 unspecified atom stereocenters. The Kier molecular flexibility index (Phi) is 5.15. The van der Waals surface area contributed by atoms with Crippen LogP contribution in [0.3, 0.4) is 0 Å². The maximum Gasteiger partial charge on any atom is 0.303 e. The van der Waals surface area contributed by atoms with E-state index in [9.17, 15) is 9.59 Å². The van der Waals surface area contributed by atoms with Gasteiger partial charge in [-0.3, -0.25) is 9.59 Å². The lowest BCUT2D eigenvalue weighted by Gasteiger charge is -2.16. The van der Waals surface area contributed by atoms with Crippen molar-refractivity contribution in [1.82, 2.24) is 5.32 Å².